The minimum absolute atomic E-state index is 0.0239. The van der Waals surface area contributed by atoms with Crippen LogP contribution in [0.2, 0.25) is 19.6 Å². The maximum Gasteiger partial charge on any atom is 0.270 e. The van der Waals surface area contributed by atoms with Gasteiger partial charge < -0.3 is 18.7 Å². The molecule has 4 aromatic rings. The molecule has 0 unspecified atom stereocenters. The van der Waals surface area contributed by atoms with Gasteiger partial charge >= 0.3 is 0 Å². The molecule has 0 fully saturated rings. The molecule has 4 rings (SSSR count). The van der Waals surface area contributed by atoms with E-state index in [4.69, 9.17) is 18.7 Å². The molecule has 37 heavy (non-hydrogen) atoms. The van der Waals surface area contributed by atoms with Crippen molar-refractivity contribution in [1.82, 2.24) is 14.9 Å². The largest absolute Gasteiger partial charge is 0.496 e. The molecule has 0 radical (unpaired) electrons. The highest BCUT2D eigenvalue weighted by Crippen LogP contribution is 2.39. The highest BCUT2D eigenvalue weighted by atomic mass is 32.2. The van der Waals surface area contributed by atoms with Crippen LogP contribution in [0.15, 0.2) is 52.1 Å². The van der Waals surface area contributed by atoms with E-state index in [-0.39, 0.29) is 22.2 Å². The van der Waals surface area contributed by atoms with Gasteiger partial charge in [-0.2, -0.15) is 5.10 Å². The summed E-state index contributed by atoms with van der Waals surface area (Å²) in [6.07, 6.45) is 3.52. The maximum atomic E-state index is 13.6. The molecule has 1 N–H and O–H groups in total. The lowest BCUT2D eigenvalue weighted by Gasteiger charge is -2.15. The number of anilines is 1. The first kappa shape index (κ1) is 26.1. The third-order valence-corrected chi connectivity index (χ3v) is 7.54. The SMILES string of the molecule is COc1cc(C#C[Si](C)(C)C)cc(OC)c1S(=O)(=O)Nc1noc2cc(Cn3cccn3)cc(OC)c12. The fraction of sp³-hybridized carbons (Fsp3) is 0.280. The molecule has 0 saturated carbocycles. The number of benzene rings is 2. The Balaban J connectivity index is 1.75. The predicted molar refractivity (Wildman–Crippen MR) is 142 cm³/mol. The van der Waals surface area contributed by atoms with Gasteiger partial charge in [0.2, 0.25) is 0 Å². The van der Waals surface area contributed by atoms with E-state index in [0.29, 0.717) is 28.8 Å². The molecule has 2 heterocycles. The van der Waals surface area contributed by atoms with Crippen molar-refractivity contribution in [3.8, 4) is 28.7 Å². The molecule has 194 valence electrons. The van der Waals surface area contributed by atoms with Gasteiger partial charge in [0.25, 0.3) is 10.0 Å². The van der Waals surface area contributed by atoms with Gasteiger partial charge in [-0.15, -0.1) is 5.54 Å². The van der Waals surface area contributed by atoms with E-state index in [0.717, 1.165) is 5.56 Å². The Morgan fingerprint density at radius 3 is 2.27 bits per heavy atom. The summed E-state index contributed by atoms with van der Waals surface area (Å²) in [5.74, 6) is 3.66. The molecular weight excluding hydrogens is 512 g/mol. The van der Waals surface area contributed by atoms with Gasteiger partial charge in [0, 0.05) is 18.0 Å². The second kappa shape index (κ2) is 10.2. The van der Waals surface area contributed by atoms with E-state index < -0.39 is 18.1 Å². The lowest BCUT2D eigenvalue weighted by molar-refractivity contribution is 0.373. The summed E-state index contributed by atoms with van der Waals surface area (Å²) in [7, 11) is -1.62. The van der Waals surface area contributed by atoms with Gasteiger partial charge in [-0.3, -0.25) is 9.40 Å². The zero-order valence-electron chi connectivity index (χ0n) is 21.4. The van der Waals surface area contributed by atoms with Crippen molar-refractivity contribution in [2.45, 2.75) is 31.1 Å². The fourth-order valence-corrected chi connectivity index (χ4v) is 5.48. The Bertz CT molecular complexity index is 1570. The van der Waals surface area contributed by atoms with Gasteiger partial charge in [0.05, 0.1) is 27.9 Å². The number of nitrogens with one attached hydrogen (secondary N) is 1. The van der Waals surface area contributed by atoms with Crippen LogP contribution in [-0.4, -0.2) is 52.8 Å². The van der Waals surface area contributed by atoms with E-state index in [1.54, 1.807) is 35.1 Å². The number of nitrogens with zero attached hydrogens (tertiary/aromatic N) is 3. The van der Waals surface area contributed by atoms with E-state index in [9.17, 15) is 8.42 Å². The van der Waals surface area contributed by atoms with E-state index in [2.05, 4.69) is 46.1 Å². The van der Waals surface area contributed by atoms with Gasteiger partial charge in [0.15, 0.2) is 16.3 Å². The number of rotatable bonds is 8. The molecule has 0 bridgehead atoms. The van der Waals surface area contributed by atoms with Gasteiger partial charge in [-0.1, -0.05) is 30.7 Å². The number of fused-ring (bicyclic) bond motifs is 1. The average molecular weight is 541 g/mol. The third kappa shape index (κ3) is 5.73. The zero-order chi connectivity index (χ0) is 26.8. The Labute approximate surface area is 216 Å². The first-order valence-corrected chi connectivity index (χ1v) is 16.3. The number of ether oxygens (including phenoxy) is 3. The van der Waals surface area contributed by atoms with Crippen LogP contribution in [0, 0.1) is 11.5 Å². The monoisotopic (exact) mass is 540 g/mol. The molecule has 10 nitrogen and oxygen atoms in total. The lowest BCUT2D eigenvalue weighted by atomic mass is 10.1. The van der Waals surface area contributed by atoms with Crippen molar-refractivity contribution >= 4 is 34.9 Å². The molecule has 0 atom stereocenters. The molecule has 0 saturated heterocycles. The molecule has 2 aromatic heterocycles. The first-order chi connectivity index (χ1) is 17.5. The van der Waals surface area contributed by atoms with Crippen LogP contribution in [0.4, 0.5) is 5.82 Å². The Morgan fingerprint density at radius 1 is 1.03 bits per heavy atom. The molecule has 0 aliphatic heterocycles. The maximum absolute atomic E-state index is 13.6. The van der Waals surface area contributed by atoms with Crippen LogP contribution < -0.4 is 18.9 Å². The highest BCUT2D eigenvalue weighted by molar-refractivity contribution is 7.93. The number of aromatic nitrogens is 3. The average Bonchev–Trinajstić information content (AvgIpc) is 3.50. The minimum Gasteiger partial charge on any atom is -0.496 e. The Hall–Kier alpha value is -3.95. The van der Waals surface area contributed by atoms with Crippen molar-refractivity contribution < 1.29 is 27.2 Å². The lowest BCUT2D eigenvalue weighted by Crippen LogP contribution is -2.17. The summed E-state index contributed by atoms with van der Waals surface area (Å²) in [5.41, 5.74) is 5.05. The number of hydrogen-bond acceptors (Lipinski definition) is 8. The van der Waals surface area contributed by atoms with Crippen molar-refractivity contribution in [3.63, 3.8) is 0 Å². The van der Waals surface area contributed by atoms with Crippen molar-refractivity contribution in [3.05, 3.63) is 53.9 Å². The molecule has 12 heteroatoms. The van der Waals surface area contributed by atoms with E-state index >= 15 is 0 Å². The Kier molecular flexibility index (Phi) is 7.20. The summed E-state index contributed by atoms with van der Waals surface area (Å²) in [6.45, 7) is 6.83. The summed E-state index contributed by atoms with van der Waals surface area (Å²) < 4.78 is 53.3. The van der Waals surface area contributed by atoms with Crippen LogP contribution >= 0.6 is 0 Å². The molecule has 0 aliphatic carbocycles. The second-order valence-electron chi connectivity index (χ2n) is 9.22. The highest BCUT2D eigenvalue weighted by Gasteiger charge is 2.29. The number of hydrogen-bond donors (Lipinski definition) is 1. The smallest absolute Gasteiger partial charge is 0.270 e. The summed E-state index contributed by atoms with van der Waals surface area (Å²) in [4.78, 5) is -0.179. The van der Waals surface area contributed by atoms with Gasteiger partial charge in [0.1, 0.15) is 30.7 Å². The number of methoxy groups -OCH3 is 3. The normalized spacial score (nSPS) is 11.6. The molecule has 0 spiro atoms. The van der Waals surface area contributed by atoms with Crippen molar-refractivity contribution in [2.75, 3.05) is 26.1 Å². The van der Waals surface area contributed by atoms with Crippen LogP contribution in [-0.2, 0) is 16.6 Å². The topological polar surface area (TPSA) is 118 Å². The zero-order valence-corrected chi connectivity index (χ0v) is 23.3. The molecule has 0 amide bonds. The molecule has 0 aliphatic rings. The summed E-state index contributed by atoms with van der Waals surface area (Å²) >= 11 is 0. The minimum atomic E-state index is -4.23. The molecule has 2 aromatic carbocycles. The second-order valence-corrected chi connectivity index (χ2v) is 15.6. The van der Waals surface area contributed by atoms with Crippen LogP contribution in [0.1, 0.15) is 11.1 Å². The summed E-state index contributed by atoms with van der Waals surface area (Å²) in [5, 5.41) is 8.56. The van der Waals surface area contributed by atoms with Crippen molar-refractivity contribution in [1.29, 1.82) is 0 Å². The fourth-order valence-electron chi connectivity index (χ4n) is 3.65. The molecular formula is C25H28N4O6SSi. The van der Waals surface area contributed by atoms with Gasteiger partial charge in [-0.05, 0) is 35.9 Å². The van der Waals surface area contributed by atoms with Crippen LogP contribution in [0.25, 0.3) is 11.0 Å². The number of sulfonamides is 1. The van der Waals surface area contributed by atoms with E-state index in [1.807, 2.05) is 12.3 Å². The van der Waals surface area contributed by atoms with Crippen molar-refractivity contribution in [2.24, 2.45) is 0 Å². The van der Waals surface area contributed by atoms with Gasteiger partial charge in [-0.25, -0.2) is 8.42 Å². The van der Waals surface area contributed by atoms with E-state index in [1.165, 1.54) is 21.3 Å². The quantitative estimate of drug-likeness (QED) is 0.262. The van der Waals surface area contributed by atoms with Crippen LogP contribution in [0.3, 0.4) is 0 Å². The third-order valence-electron chi connectivity index (χ3n) is 5.26. The Morgan fingerprint density at radius 2 is 1.70 bits per heavy atom. The summed E-state index contributed by atoms with van der Waals surface area (Å²) in [6, 6.07) is 8.52. The first-order valence-electron chi connectivity index (χ1n) is 11.3. The predicted octanol–water partition coefficient (Wildman–Crippen LogP) is 4.13. The van der Waals surface area contributed by atoms with Crippen LogP contribution in [0.5, 0.6) is 17.2 Å². The standard InChI is InChI=1S/C25H28N4O6SSi/c1-32-19-14-18(16-29-10-7-9-26-29)15-20-23(19)25(27-35-20)28-36(30,31)24-21(33-2)12-17(13-22(24)34-3)8-11-37(4,5)6/h7,9-10,12-15H,16H2,1-6H3,(H,27,28).